The van der Waals surface area contributed by atoms with Crippen LogP contribution in [0.3, 0.4) is 0 Å². The molecular weight excluding hydrogens is 442 g/mol. The van der Waals surface area contributed by atoms with Crippen LogP contribution in [0, 0.1) is 17.6 Å². The van der Waals surface area contributed by atoms with Crippen LogP contribution in [0.25, 0.3) is 5.57 Å². The van der Waals surface area contributed by atoms with Crippen LogP contribution in [0.4, 0.5) is 8.78 Å². The molecule has 2 aromatic rings. The molecule has 0 saturated carbocycles. The first-order valence-corrected chi connectivity index (χ1v) is 11.4. The first kappa shape index (κ1) is 22.5. The molecule has 5 rings (SSSR count). The van der Waals surface area contributed by atoms with Crippen molar-refractivity contribution in [2.45, 2.75) is 12.8 Å². The van der Waals surface area contributed by atoms with Crippen molar-refractivity contribution in [2.24, 2.45) is 5.92 Å². The first-order chi connectivity index (χ1) is 16.4. The molecule has 0 bridgehead atoms. The number of rotatable bonds is 5. The van der Waals surface area contributed by atoms with E-state index >= 15 is 0 Å². The molecule has 3 aliphatic rings. The predicted molar refractivity (Wildman–Crippen MR) is 122 cm³/mol. The van der Waals surface area contributed by atoms with E-state index in [1.165, 1.54) is 23.1 Å². The summed E-state index contributed by atoms with van der Waals surface area (Å²) in [5.74, 6) is -1.09. The molecule has 3 aliphatic heterocycles. The molecule has 1 amide bonds. The van der Waals surface area contributed by atoms with Crippen LogP contribution < -0.4 is 9.47 Å². The second-order valence-corrected chi connectivity index (χ2v) is 9.22. The third kappa shape index (κ3) is 4.55. The van der Waals surface area contributed by atoms with E-state index in [0.29, 0.717) is 24.4 Å². The summed E-state index contributed by atoms with van der Waals surface area (Å²) >= 11 is 0. The maximum atomic E-state index is 14.6. The smallest absolute Gasteiger partial charge is 0.256 e. The highest BCUT2D eigenvalue weighted by Gasteiger charge is 2.34. The van der Waals surface area contributed by atoms with Crippen molar-refractivity contribution in [1.29, 1.82) is 0 Å². The zero-order valence-corrected chi connectivity index (χ0v) is 19.0. The Morgan fingerprint density at radius 2 is 2.00 bits per heavy atom. The van der Waals surface area contributed by atoms with Crippen molar-refractivity contribution in [1.82, 2.24) is 9.80 Å². The van der Waals surface area contributed by atoms with Gasteiger partial charge in [-0.25, -0.2) is 8.78 Å². The number of amides is 1. The van der Waals surface area contributed by atoms with Gasteiger partial charge in [0.15, 0.2) is 17.3 Å². The number of hydrogen-bond donors (Lipinski definition) is 0. The maximum absolute atomic E-state index is 14.6. The maximum Gasteiger partial charge on any atom is 0.256 e. The number of nitrogens with zero attached hydrogens (tertiary/aromatic N) is 2. The summed E-state index contributed by atoms with van der Waals surface area (Å²) in [6.07, 6.45) is 3.14. The van der Waals surface area contributed by atoms with Gasteiger partial charge in [0.1, 0.15) is 18.2 Å². The van der Waals surface area contributed by atoms with E-state index in [4.69, 9.17) is 9.47 Å². The molecule has 0 spiro atoms. The van der Waals surface area contributed by atoms with Crippen LogP contribution in [0.5, 0.6) is 11.5 Å². The van der Waals surface area contributed by atoms with E-state index < -0.39 is 17.5 Å². The lowest BCUT2D eigenvalue weighted by molar-refractivity contribution is -0.121. The van der Waals surface area contributed by atoms with E-state index in [0.717, 1.165) is 30.6 Å². The Labute approximate surface area is 196 Å². The number of halogens is 2. The molecule has 3 heterocycles. The fourth-order valence-electron chi connectivity index (χ4n) is 4.53. The Morgan fingerprint density at radius 1 is 1.18 bits per heavy atom. The topological polar surface area (TPSA) is 59.1 Å². The molecule has 0 unspecified atom stereocenters. The number of Topliss-reactive ketones (excluding diaryl/α,β-unsaturated/α-hetero) is 1. The fraction of sp³-hybridized carbons (Fsp3) is 0.385. The molecule has 0 aromatic heterocycles. The highest BCUT2D eigenvalue weighted by molar-refractivity contribution is 5.96. The largest absolute Gasteiger partial charge is 0.490 e. The van der Waals surface area contributed by atoms with Crippen molar-refractivity contribution >= 4 is 17.3 Å². The molecule has 6 nitrogen and oxygen atoms in total. The van der Waals surface area contributed by atoms with Crippen LogP contribution in [0.2, 0.25) is 0 Å². The fourth-order valence-corrected chi connectivity index (χ4v) is 4.53. The molecule has 178 valence electrons. The van der Waals surface area contributed by atoms with Gasteiger partial charge in [0.25, 0.3) is 5.91 Å². The summed E-state index contributed by atoms with van der Waals surface area (Å²) in [5.41, 5.74) is 2.47. The van der Waals surface area contributed by atoms with E-state index in [2.05, 4.69) is 18.0 Å². The summed E-state index contributed by atoms with van der Waals surface area (Å²) in [6.45, 7) is 2.78. The number of fused-ring (bicyclic) bond motifs is 1. The van der Waals surface area contributed by atoms with Gasteiger partial charge in [-0.05, 0) is 42.8 Å². The van der Waals surface area contributed by atoms with Crippen molar-refractivity contribution in [3.8, 4) is 11.5 Å². The van der Waals surface area contributed by atoms with Crippen LogP contribution in [-0.4, -0.2) is 67.9 Å². The summed E-state index contributed by atoms with van der Waals surface area (Å²) in [6, 6.07) is 7.61. The van der Waals surface area contributed by atoms with E-state index in [1.807, 2.05) is 6.07 Å². The van der Waals surface area contributed by atoms with E-state index in [1.54, 1.807) is 6.07 Å². The third-order valence-electron chi connectivity index (χ3n) is 6.59. The normalized spacial score (nSPS) is 18.6. The Kier molecular flexibility index (Phi) is 6.08. The molecule has 0 aliphatic carbocycles. The zero-order valence-electron chi connectivity index (χ0n) is 19.0. The lowest BCUT2D eigenvalue weighted by Gasteiger charge is -2.39. The number of carbonyl (C=O) groups excluding carboxylic acids is 2. The van der Waals surface area contributed by atoms with Gasteiger partial charge in [-0.15, -0.1) is 0 Å². The van der Waals surface area contributed by atoms with Crippen LogP contribution in [-0.2, 0) is 11.2 Å². The molecule has 1 fully saturated rings. The average molecular weight is 469 g/mol. The number of benzene rings is 2. The monoisotopic (exact) mass is 468 g/mol. The van der Waals surface area contributed by atoms with Crippen LogP contribution in [0.15, 0.2) is 36.4 Å². The summed E-state index contributed by atoms with van der Waals surface area (Å²) in [4.78, 5) is 28.1. The van der Waals surface area contributed by atoms with Crippen molar-refractivity contribution in [3.05, 3.63) is 64.7 Å². The Bertz CT molecular complexity index is 1170. The predicted octanol–water partition coefficient (Wildman–Crippen LogP) is 3.34. The number of ketones is 1. The highest BCUT2D eigenvalue weighted by atomic mass is 19.1. The molecule has 1 saturated heterocycles. The molecular formula is C26H26F2N2O4. The van der Waals surface area contributed by atoms with Gasteiger partial charge in [-0.1, -0.05) is 12.1 Å². The van der Waals surface area contributed by atoms with Crippen LogP contribution >= 0.6 is 0 Å². The van der Waals surface area contributed by atoms with Gasteiger partial charge in [-0.2, -0.15) is 0 Å². The van der Waals surface area contributed by atoms with Crippen molar-refractivity contribution in [3.63, 3.8) is 0 Å². The average Bonchev–Trinajstić information content (AvgIpc) is 2.79. The standard InChI is InChI=1S/C26H26F2N2O4/c1-29-6-4-17(5-7-29)18-2-3-24(23(28)10-18)33-14-16-12-30(13-16)26(32)21-9-19-8-20(31)15-34-25(19)11-22(21)27/h2-4,9-11,16H,5-8,12-15H2,1H3. The minimum absolute atomic E-state index is 0.0326. The summed E-state index contributed by atoms with van der Waals surface area (Å²) in [7, 11) is 2.06. The van der Waals surface area contributed by atoms with Crippen molar-refractivity contribution < 1.29 is 27.8 Å². The number of likely N-dealkylation sites (N-methyl/N-ethyl adjacent to an activating group) is 1. The summed E-state index contributed by atoms with van der Waals surface area (Å²) < 4.78 is 40.0. The number of carbonyl (C=O) groups is 2. The number of likely N-dealkylation sites (tertiary alicyclic amines) is 1. The molecule has 0 radical (unpaired) electrons. The molecule has 0 N–H and O–H groups in total. The number of hydrogen-bond acceptors (Lipinski definition) is 5. The third-order valence-corrected chi connectivity index (χ3v) is 6.59. The minimum Gasteiger partial charge on any atom is -0.490 e. The number of ether oxygens (including phenoxy) is 2. The Hall–Kier alpha value is -3.26. The quantitative estimate of drug-likeness (QED) is 0.674. The summed E-state index contributed by atoms with van der Waals surface area (Å²) in [5, 5.41) is 0. The molecule has 34 heavy (non-hydrogen) atoms. The highest BCUT2D eigenvalue weighted by Crippen LogP contribution is 2.30. The minimum atomic E-state index is -0.667. The lowest BCUT2D eigenvalue weighted by atomic mass is 9.97. The van der Waals surface area contributed by atoms with Crippen molar-refractivity contribution in [2.75, 3.05) is 46.4 Å². The van der Waals surface area contributed by atoms with Gasteiger partial charge in [0.05, 0.1) is 12.2 Å². The molecule has 0 atom stereocenters. The second kappa shape index (κ2) is 9.18. The van der Waals surface area contributed by atoms with Gasteiger partial charge < -0.3 is 19.3 Å². The Balaban J connectivity index is 1.16. The van der Waals surface area contributed by atoms with Gasteiger partial charge in [-0.3, -0.25) is 9.59 Å². The van der Waals surface area contributed by atoms with Gasteiger partial charge in [0.2, 0.25) is 0 Å². The van der Waals surface area contributed by atoms with Crippen LogP contribution in [0.1, 0.15) is 27.9 Å². The van der Waals surface area contributed by atoms with Gasteiger partial charge >= 0.3 is 0 Å². The SMILES string of the molecule is CN1CC=C(c2ccc(OCC3CN(C(=O)c4cc5c(cc4F)OCC(=O)C5)C3)c(F)c2)CC1. The first-order valence-electron chi connectivity index (χ1n) is 11.4. The van der Waals surface area contributed by atoms with Gasteiger partial charge in [0, 0.05) is 50.1 Å². The second-order valence-electron chi connectivity index (χ2n) is 9.22. The molecule has 2 aromatic carbocycles. The van der Waals surface area contributed by atoms with E-state index in [-0.39, 0.29) is 42.6 Å². The zero-order chi connectivity index (χ0) is 23.8. The van der Waals surface area contributed by atoms with E-state index in [9.17, 15) is 18.4 Å². The molecule has 8 heteroatoms. The lowest BCUT2D eigenvalue weighted by Crippen LogP contribution is -2.52. The Morgan fingerprint density at radius 3 is 2.74 bits per heavy atom.